The first-order valence-corrected chi connectivity index (χ1v) is 9.11. The molecule has 1 aromatic rings. The number of aromatic nitrogens is 1. The molecular weight excluding hydrogens is 368 g/mol. The van der Waals surface area contributed by atoms with Crippen LogP contribution in [0.5, 0.6) is 0 Å². The van der Waals surface area contributed by atoms with Crippen LogP contribution in [0.4, 0.5) is 16.3 Å². The minimum Gasteiger partial charge on any atom is -0.465 e. The molecule has 0 radical (unpaired) electrons. The van der Waals surface area contributed by atoms with Gasteiger partial charge in [0.05, 0.1) is 11.5 Å². The van der Waals surface area contributed by atoms with Crippen LogP contribution in [0, 0.1) is 10.1 Å². The number of hydrogen-bond donors (Lipinski definition) is 2. The molecule has 1 aliphatic rings. The lowest BCUT2D eigenvalue weighted by Crippen LogP contribution is -2.49. The van der Waals surface area contributed by atoms with Crippen molar-refractivity contribution in [2.75, 3.05) is 57.8 Å². The summed E-state index contributed by atoms with van der Waals surface area (Å²) < 4.78 is 0. The van der Waals surface area contributed by atoms with Gasteiger partial charge < -0.3 is 20.1 Å². The second kappa shape index (κ2) is 10.5. The maximum absolute atomic E-state index is 11.2. The van der Waals surface area contributed by atoms with Gasteiger partial charge in [-0.25, -0.2) is 9.78 Å². The van der Waals surface area contributed by atoms with Gasteiger partial charge >= 0.3 is 6.09 Å². The molecule has 1 aliphatic heterocycles. The molecule has 2 N–H and O–H groups in total. The summed E-state index contributed by atoms with van der Waals surface area (Å²) in [7, 11) is 1.77. The average molecular weight is 394 g/mol. The van der Waals surface area contributed by atoms with Crippen molar-refractivity contribution in [1.29, 1.82) is 0 Å². The van der Waals surface area contributed by atoms with Crippen LogP contribution in [0.15, 0.2) is 18.3 Å². The maximum Gasteiger partial charge on any atom is 0.407 e. The molecule has 11 heteroatoms. The van der Waals surface area contributed by atoms with E-state index in [0.717, 1.165) is 37.5 Å². The number of pyridine rings is 1. The minimum atomic E-state index is -1.11. The van der Waals surface area contributed by atoms with Crippen LogP contribution in [0.25, 0.3) is 0 Å². The fourth-order valence-corrected chi connectivity index (χ4v) is 3.19. The summed E-state index contributed by atoms with van der Waals surface area (Å²) in [4.78, 5) is 41.8. The van der Waals surface area contributed by atoms with Crippen molar-refractivity contribution in [3.05, 3.63) is 28.4 Å². The predicted molar refractivity (Wildman–Crippen MR) is 103 cm³/mol. The molecule has 0 saturated carbocycles. The van der Waals surface area contributed by atoms with E-state index >= 15 is 0 Å². The number of hydrogen-bond acceptors (Lipinski definition) is 8. The number of rotatable bonds is 9. The van der Waals surface area contributed by atoms with Crippen molar-refractivity contribution >= 4 is 23.9 Å². The largest absolute Gasteiger partial charge is 0.465 e. The molecule has 0 bridgehead atoms. The van der Waals surface area contributed by atoms with Crippen LogP contribution in [-0.2, 0) is 4.79 Å². The Hall–Kier alpha value is -2.79. The highest BCUT2D eigenvalue weighted by atomic mass is 16.6. The SMILES string of the molecule is CNC(CN1CCCN(c2ccc([N+](=O)[O-])cn2)CC1)CN(CC=O)C(=O)O. The van der Waals surface area contributed by atoms with Crippen molar-refractivity contribution in [3.8, 4) is 0 Å². The molecule has 0 aliphatic carbocycles. The van der Waals surface area contributed by atoms with Crippen LogP contribution in [0.2, 0.25) is 0 Å². The highest BCUT2D eigenvalue weighted by Gasteiger charge is 2.22. The quantitative estimate of drug-likeness (QED) is 0.344. The smallest absolute Gasteiger partial charge is 0.407 e. The number of amides is 1. The number of carbonyl (C=O) groups is 2. The summed E-state index contributed by atoms with van der Waals surface area (Å²) in [5, 5.41) is 23.1. The van der Waals surface area contributed by atoms with Gasteiger partial charge in [0, 0.05) is 44.8 Å². The van der Waals surface area contributed by atoms with E-state index in [1.165, 1.54) is 12.3 Å². The van der Waals surface area contributed by atoms with Gasteiger partial charge in [0.1, 0.15) is 18.3 Å². The lowest BCUT2D eigenvalue weighted by atomic mass is 10.2. The third-order valence-electron chi connectivity index (χ3n) is 4.75. The highest BCUT2D eigenvalue weighted by molar-refractivity contribution is 5.69. The zero-order valence-corrected chi connectivity index (χ0v) is 15.9. The summed E-state index contributed by atoms with van der Waals surface area (Å²) in [5.74, 6) is 0.709. The van der Waals surface area contributed by atoms with Crippen LogP contribution in [0.1, 0.15) is 6.42 Å². The van der Waals surface area contributed by atoms with E-state index in [2.05, 4.69) is 20.1 Å². The lowest BCUT2D eigenvalue weighted by molar-refractivity contribution is -0.385. The number of carbonyl (C=O) groups excluding carboxylic acids is 1. The molecule has 1 fully saturated rings. The van der Waals surface area contributed by atoms with Gasteiger partial charge in [0.2, 0.25) is 0 Å². The van der Waals surface area contributed by atoms with E-state index < -0.39 is 11.0 Å². The van der Waals surface area contributed by atoms with Crippen LogP contribution in [-0.4, -0.2) is 96.1 Å². The first-order chi connectivity index (χ1) is 13.4. The summed E-state index contributed by atoms with van der Waals surface area (Å²) in [6.07, 6.45) is 1.63. The predicted octanol–water partition coefficient (Wildman–Crippen LogP) is 0.269. The standard InChI is InChI=1S/C17H26N6O5/c1-18-14(13-22(9-10-24)17(25)26)12-20-5-2-6-21(8-7-20)16-4-3-15(11-19-16)23(27)28/h3-4,10-11,14,18H,2,5-9,12-13H2,1H3,(H,25,26). The fraction of sp³-hybridized carbons (Fsp3) is 0.588. The third kappa shape index (κ3) is 6.13. The Morgan fingerprint density at radius 1 is 1.43 bits per heavy atom. The monoisotopic (exact) mass is 394 g/mol. The van der Waals surface area contributed by atoms with Gasteiger partial charge in [-0.15, -0.1) is 0 Å². The molecule has 2 heterocycles. The fourth-order valence-electron chi connectivity index (χ4n) is 3.19. The molecule has 0 aromatic carbocycles. The van der Waals surface area contributed by atoms with Crippen LogP contribution < -0.4 is 10.2 Å². The Labute approximate surface area is 163 Å². The van der Waals surface area contributed by atoms with E-state index in [1.54, 1.807) is 13.1 Å². The number of nitro groups is 1. The average Bonchev–Trinajstić information content (AvgIpc) is 2.92. The van der Waals surface area contributed by atoms with Gasteiger partial charge in [-0.2, -0.15) is 0 Å². The van der Waals surface area contributed by atoms with Crippen molar-refractivity contribution < 1.29 is 19.6 Å². The summed E-state index contributed by atoms with van der Waals surface area (Å²) in [5.41, 5.74) is -0.0321. The molecule has 1 aromatic heterocycles. The van der Waals surface area contributed by atoms with Gasteiger partial charge in [0.25, 0.3) is 5.69 Å². The zero-order chi connectivity index (χ0) is 20.5. The van der Waals surface area contributed by atoms with Crippen molar-refractivity contribution in [2.24, 2.45) is 0 Å². The van der Waals surface area contributed by atoms with E-state index in [9.17, 15) is 24.8 Å². The molecule has 154 valence electrons. The Balaban J connectivity index is 1.92. The molecule has 1 unspecified atom stereocenters. The Kier molecular flexibility index (Phi) is 8.08. The van der Waals surface area contributed by atoms with E-state index in [4.69, 9.17) is 0 Å². The van der Waals surface area contributed by atoms with Crippen molar-refractivity contribution in [3.63, 3.8) is 0 Å². The van der Waals surface area contributed by atoms with Gasteiger partial charge in [-0.3, -0.25) is 19.9 Å². The number of likely N-dealkylation sites (N-methyl/N-ethyl adjacent to an activating group) is 1. The van der Waals surface area contributed by atoms with Crippen molar-refractivity contribution in [1.82, 2.24) is 20.1 Å². The summed E-state index contributed by atoms with van der Waals surface area (Å²) in [6.45, 7) is 3.86. The number of anilines is 1. The van der Waals surface area contributed by atoms with E-state index in [-0.39, 0.29) is 24.8 Å². The first kappa shape index (κ1) is 21.5. The van der Waals surface area contributed by atoms with E-state index in [0.29, 0.717) is 18.6 Å². The third-order valence-corrected chi connectivity index (χ3v) is 4.75. The highest BCUT2D eigenvalue weighted by Crippen LogP contribution is 2.17. The van der Waals surface area contributed by atoms with Gasteiger partial charge in [0.15, 0.2) is 0 Å². The molecule has 28 heavy (non-hydrogen) atoms. The molecule has 1 amide bonds. The Morgan fingerprint density at radius 3 is 2.79 bits per heavy atom. The van der Waals surface area contributed by atoms with Crippen molar-refractivity contribution in [2.45, 2.75) is 12.5 Å². The number of nitrogens with one attached hydrogen (secondary N) is 1. The normalized spacial score (nSPS) is 16.2. The maximum atomic E-state index is 11.2. The number of aldehydes is 1. The molecule has 1 atom stereocenters. The molecular formula is C17H26N6O5. The number of carboxylic acid groups (broad SMARTS) is 1. The number of nitrogens with zero attached hydrogens (tertiary/aromatic N) is 5. The summed E-state index contributed by atoms with van der Waals surface area (Å²) >= 11 is 0. The topological polar surface area (TPSA) is 132 Å². The van der Waals surface area contributed by atoms with Gasteiger partial charge in [-0.1, -0.05) is 0 Å². The summed E-state index contributed by atoms with van der Waals surface area (Å²) in [6, 6.07) is 3.02. The minimum absolute atomic E-state index is 0.0321. The molecule has 2 rings (SSSR count). The first-order valence-electron chi connectivity index (χ1n) is 9.11. The Bertz CT molecular complexity index is 671. The second-order valence-electron chi connectivity index (χ2n) is 6.61. The molecule has 0 spiro atoms. The lowest BCUT2D eigenvalue weighted by Gasteiger charge is -2.29. The van der Waals surface area contributed by atoms with Gasteiger partial charge in [-0.05, 0) is 26.1 Å². The Morgan fingerprint density at radius 2 is 2.21 bits per heavy atom. The van der Waals surface area contributed by atoms with Crippen LogP contribution >= 0.6 is 0 Å². The van der Waals surface area contributed by atoms with E-state index in [1.807, 2.05) is 0 Å². The molecule has 11 nitrogen and oxygen atoms in total. The second-order valence-corrected chi connectivity index (χ2v) is 6.61. The van der Waals surface area contributed by atoms with Crippen LogP contribution in [0.3, 0.4) is 0 Å². The molecule has 1 saturated heterocycles. The zero-order valence-electron chi connectivity index (χ0n) is 15.9.